The van der Waals surface area contributed by atoms with Crippen molar-refractivity contribution in [2.75, 3.05) is 12.8 Å². The van der Waals surface area contributed by atoms with Gasteiger partial charge in [-0.2, -0.15) is 0 Å². The van der Waals surface area contributed by atoms with E-state index in [4.69, 9.17) is 5.73 Å². The Morgan fingerprint density at radius 1 is 1.73 bits per heavy atom. The minimum Gasteiger partial charge on any atom is -0.368 e. The van der Waals surface area contributed by atoms with E-state index >= 15 is 0 Å². The normalized spacial score (nSPS) is 33.6. The maximum absolute atomic E-state index is 11.1. The number of carbonyl (C=O) groups is 1. The highest BCUT2D eigenvalue weighted by molar-refractivity contribution is 7.97. The van der Waals surface area contributed by atoms with Gasteiger partial charge in [0.05, 0.1) is 0 Å². The lowest BCUT2D eigenvalue weighted by atomic mass is 9.95. The van der Waals surface area contributed by atoms with Crippen LogP contribution < -0.4 is 5.73 Å². The van der Waals surface area contributed by atoms with Crippen molar-refractivity contribution >= 4 is 17.9 Å². The molecule has 0 aromatic heterocycles. The van der Waals surface area contributed by atoms with Crippen LogP contribution in [0, 0.1) is 0 Å². The number of hydrogen-bond donors (Lipinski definition) is 1. The van der Waals surface area contributed by atoms with Crippen molar-refractivity contribution in [1.29, 1.82) is 0 Å². The maximum atomic E-state index is 11.1. The molecule has 1 unspecified atom stereocenters. The molecular weight excluding hydrogens is 160 g/mol. The number of rotatable bonds is 1. The molecule has 0 aliphatic carbocycles. The van der Waals surface area contributed by atoms with Crippen LogP contribution in [0.4, 0.5) is 0 Å². The number of primary amides is 1. The van der Waals surface area contributed by atoms with Crippen molar-refractivity contribution in [1.82, 2.24) is 4.31 Å². The van der Waals surface area contributed by atoms with Crippen molar-refractivity contribution in [2.45, 2.75) is 25.3 Å². The van der Waals surface area contributed by atoms with Gasteiger partial charge in [0.15, 0.2) is 0 Å². The van der Waals surface area contributed by atoms with E-state index in [1.54, 1.807) is 11.9 Å². The predicted octanol–water partition coefficient (Wildman–Crippen LogP) is 0.604. The molecule has 1 amide bonds. The molecule has 4 heteroatoms. The number of nitrogens with two attached hydrogens (primary N) is 1. The van der Waals surface area contributed by atoms with E-state index < -0.39 is 5.54 Å². The van der Waals surface area contributed by atoms with Crippen LogP contribution in [0.1, 0.15) is 19.8 Å². The van der Waals surface area contributed by atoms with Crippen molar-refractivity contribution in [3.63, 3.8) is 0 Å². The molecule has 0 bridgehead atoms. The lowest BCUT2D eigenvalue weighted by molar-refractivity contribution is -0.126. The Morgan fingerprint density at radius 2 is 2.36 bits per heavy atom. The number of hydrogen-bond acceptors (Lipinski definition) is 3. The molecule has 0 radical (unpaired) electrons. The van der Waals surface area contributed by atoms with Crippen LogP contribution in [-0.2, 0) is 4.79 Å². The molecule has 1 rings (SSSR count). The minimum atomic E-state index is -0.428. The van der Waals surface area contributed by atoms with E-state index in [2.05, 4.69) is 0 Å². The van der Waals surface area contributed by atoms with E-state index in [1.807, 2.05) is 18.3 Å². The summed E-state index contributed by atoms with van der Waals surface area (Å²) in [6.07, 6.45) is 1.96. The molecule has 1 aliphatic rings. The average molecular weight is 174 g/mol. The van der Waals surface area contributed by atoms with Crippen LogP contribution in [0.25, 0.3) is 0 Å². The lowest BCUT2D eigenvalue weighted by Gasteiger charge is -2.38. The zero-order valence-corrected chi connectivity index (χ0v) is 7.78. The Labute approximate surface area is 71.4 Å². The Balaban J connectivity index is 2.72. The second-order valence-corrected chi connectivity index (χ2v) is 4.29. The van der Waals surface area contributed by atoms with E-state index in [0.29, 0.717) is 0 Å². The topological polar surface area (TPSA) is 46.3 Å². The lowest BCUT2D eigenvalue weighted by Crippen LogP contribution is -2.52. The summed E-state index contributed by atoms with van der Waals surface area (Å²) in [6, 6.07) is 0. The van der Waals surface area contributed by atoms with Gasteiger partial charge in [-0.15, -0.1) is 0 Å². The van der Waals surface area contributed by atoms with Crippen LogP contribution in [0.2, 0.25) is 0 Å². The Morgan fingerprint density at radius 3 is 2.73 bits per heavy atom. The summed E-state index contributed by atoms with van der Waals surface area (Å²) in [5.41, 5.74) is 4.87. The fraction of sp³-hybridized carbons (Fsp3) is 0.857. The summed E-state index contributed by atoms with van der Waals surface area (Å²) in [7, 11) is 1.93. The van der Waals surface area contributed by atoms with Crippen LogP contribution in [0.5, 0.6) is 0 Å². The molecule has 1 atom stereocenters. The van der Waals surface area contributed by atoms with Gasteiger partial charge < -0.3 is 5.73 Å². The first-order valence-corrected chi connectivity index (χ1v) is 4.68. The summed E-state index contributed by atoms with van der Waals surface area (Å²) in [5.74, 6) is 0.881. The fourth-order valence-electron chi connectivity index (χ4n) is 1.20. The van der Waals surface area contributed by atoms with E-state index in [1.165, 1.54) is 0 Å². The molecule has 0 aromatic rings. The molecule has 0 spiro atoms. The van der Waals surface area contributed by atoms with Gasteiger partial charge in [-0.1, -0.05) is 11.9 Å². The molecule has 2 N–H and O–H groups in total. The van der Waals surface area contributed by atoms with Crippen LogP contribution in [0.3, 0.4) is 0 Å². The van der Waals surface area contributed by atoms with Gasteiger partial charge in [0, 0.05) is 5.75 Å². The molecule has 1 saturated heterocycles. The van der Waals surface area contributed by atoms with Crippen LogP contribution >= 0.6 is 11.9 Å². The van der Waals surface area contributed by atoms with Crippen molar-refractivity contribution in [3.05, 3.63) is 0 Å². The summed E-state index contributed by atoms with van der Waals surface area (Å²) < 4.78 is 1.97. The van der Waals surface area contributed by atoms with Crippen molar-refractivity contribution in [2.24, 2.45) is 5.73 Å². The first kappa shape index (κ1) is 8.87. The number of carbonyl (C=O) groups excluding carboxylic acids is 1. The largest absolute Gasteiger partial charge is 0.368 e. The summed E-state index contributed by atoms with van der Waals surface area (Å²) in [4.78, 5) is 11.1. The smallest absolute Gasteiger partial charge is 0.238 e. The van der Waals surface area contributed by atoms with E-state index in [9.17, 15) is 4.79 Å². The van der Waals surface area contributed by atoms with Gasteiger partial charge in [-0.05, 0) is 26.8 Å². The molecule has 0 saturated carbocycles. The molecule has 1 heterocycles. The highest BCUT2D eigenvalue weighted by Gasteiger charge is 2.37. The van der Waals surface area contributed by atoms with E-state index in [-0.39, 0.29) is 5.91 Å². The zero-order valence-electron chi connectivity index (χ0n) is 6.96. The highest BCUT2D eigenvalue weighted by Crippen LogP contribution is 2.32. The third-order valence-electron chi connectivity index (χ3n) is 2.32. The highest BCUT2D eigenvalue weighted by atomic mass is 32.2. The summed E-state index contributed by atoms with van der Waals surface area (Å²) in [6.45, 7) is 1.90. The first-order valence-electron chi connectivity index (χ1n) is 3.74. The van der Waals surface area contributed by atoms with Gasteiger partial charge in [0.1, 0.15) is 5.54 Å². The number of amides is 1. The SMILES string of the molecule is CN1SCCCC1(C)C(N)=O. The summed E-state index contributed by atoms with van der Waals surface area (Å²) in [5, 5.41) is 0. The standard InChI is InChI=1S/C7H14N2OS/c1-7(6(8)10)4-3-5-11-9(7)2/h3-5H2,1-2H3,(H2,8,10). The summed E-state index contributed by atoms with van der Waals surface area (Å²) >= 11 is 1.69. The third-order valence-corrected chi connectivity index (χ3v) is 3.58. The minimum absolute atomic E-state index is 0.216. The second-order valence-electron chi connectivity index (χ2n) is 3.07. The molecule has 3 nitrogen and oxygen atoms in total. The van der Waals surface area contributed by atoms with Crippen LogP contribution in [0.15, 0.2) is 0 Å². The molecule has 1 fully saturated rings. The van der Waals surface area contributed by atoms with Crippen molar-refractivity contribution in [3.8, 4) is 0 Å². The Hall–Kier alpha value is -0.220. The van der Waals surface area contributed by atoms with Gasteiger partial charge in [0.25, 0.3) is 0 Å². The molecule has 11 heavy (non-hydrogen) atoms. The Kier molecular flexibility index (Phi) is 2.44. The third kappa shape index (κ3) is 1.51. The molecule has 1 aliphatic heterocycles. The zero-order chi connectivity index (χ0) is 8.48. The van der Waals surface area contributed by atoms with Crippen molar-refractivity contribution < 1.29 is 4.79 Å². The second kappa shape index (κ2) is 3.03. The van der Waals surface area contributed by atoms with Gasteiger partial charge in [0.2, 0.25) is 5.91 Å². The molecule has 64 valence electrons. The average Bonchev–Trinajstić information content (AvgIpc) is 1.95. The predicted molar refractivity (Wildman–Crippen MR) is 47.1 cm³/mol. The number of likely N-dealkylation sites (N-methyl/N-ethyl adjacent to an activating group) is 1. The van der Waals surface area contributed by atoms with E-state index in [0.717, 1.165) is 18.6 Å². The van der Waals surface area contributed by atoms with Gasteiger partial charge in [-0.25, -0.2) is 4.31 Å². The van der Waals surface area contributed by atoms with Gasteiger partial charge >= 0.3 is 0 Å². The van der Waals surface area contributed by atoms with Gasteiger partial charge in [-0.3, -0.25) is 4.79 Å². The number of nitrogens with zero attached hydrogens (tertiary/aromatic N) is 1. The quantitative estimate of drug-likeness (QED) is 0.592. The maximum Gasteiger partial charge on any atom is 0.238 e. The molecular formula is C7H14N2OS. The fourth-order valence-corrected chi connectivity index (χ4v) is 2.21. The Bertz CT molecular complexity index is 174. The monoisotopic (exact) mass is 174 g/mol. The first-order chi connectivity index (χ1) is 5.07. The molecule has 0 aromatic carbocycles. The van der Waals surface area contributed by atoms with Crippen LogP contribution in [-0.4, -0.2) is 28.6 Å².